The molecule has 1 aromatic heterocycles. The van der Waals surface area contributed by atoms with Crippen LogP contribution >= 0.6 is 11.8 Å². The summed E-state index contributed by atoms with van der Waals surface area (Å²) in [5.74, 6) is 1.47. The van der Waals surface area contributed by atoms with Gasteiger partial charge in [-0.05, 0) is 49.6 Å². The number of urea groups is 1. The van der Waals surface area contributed by atoms with Gasteiger partial charge in [0.05, 0.1) is 6.04 Å². The van der Waals surface area contributed by atoms with Crippen molar-refractivity contribution in [3.8, 4) is 5.69 Å². The Morgan fingerprint density at radius 1 is 0.941 bits per heavy atom. The topological polar surface area (TPSA) is 71.8 Å². The molecule has 0 radical (unpaired) electrons. The lowest BCUT2D eigenvalue weighted by molar-refractivity contribution is 0.237. The molecule has 0 aliphatic carbocycles. The molecule has 3 aromatic carbocycles. The summed E-state index contributed by atoms with van der Waals surface area (Å²) in [5.41, 5.74) is 5.71. The first-order valence-electron chi connectivity index (χ1n) is 11.3. The minimum atomic E-state index is -0.336. The third kappa shape index (κ3) is 5.85. The van der Waals surface area contributed by atoms with Gasteiger partial charge in [-0.2, -0.15) is 0 Å². The van der Waals surface area contributed by atoms with Crippen LogP contribution in [-0.2, 0) is 12.3 Å². The van der Waals surface area contributed by atoms with Crippen LogP contribution in [0, 0.1) is 13.8 Å². The number of thioether (sulfide) groups is 1. The summed E-state index contributed by atoms with van der Waals surface area (Å²) in [7, 11) is 0. The van der Waals surface area contributed by atoms with E-state index < -0.39 is 0 Å². The van der Waals surface area contributed by atoms with Crippen LogP contribution < -0.4 is 10.6 Å². The number of aromatic nitrogens is 3. The Balaban J connectivity index is 1.53. The van der Waals surface area contributed by atoms with Crippen molar-refractivity contribution in [2.75, 3.05) is 0 Å². The number of amides is 2. The van der Waals surface area contributed by atoms with E-state index >= 15 is 0 Å². The van der Waals surface area contributed by atoms with Crippen LogP contribution in [0.2, 0.25) is 0 Å². The van der Waals surface area contributed by atoms with Gasteiger partial charge in [-0.15, -0.1) is 10.2 Å². The van der Waals surface area contributed by atoms with E-state index in [1.165, 1.54) is 16.7 Å². The Morgan fingerprint density at radius 3 is 2.38 bits per heavy atom. The van der Waals surface area contributed by atoms with E-state index in [-0.39, 0.29) is 12.1 Å². The van der Waals surface area contributed by atoms with Gasteiger partial charge in [-0.1, -0.05) is 84.1 Å². The van der Waals surface area contributed by atoms with E-state index in [2.05, 4.69) is 77.1 Å². The molecular weight excluding hydrogens is 442 g/mol. The number of hydrogen-bond donors (Lipinski definition) is 2. The number of rotatable bonds is 8. The molecule has 1 unspecified atom stereocenters. The van der Waals surface area contributed by atoms with Crippen LogP contribution in [0.4, 0.5) is 4.79 Å². The zero-order chi connectivity index (χ0) is 23.9. The molecule has 174 valence electrons. The number of aryl methyl sites for hydroxylation is 2. The van der Waals surface area contributed by atoms with Gasteiger partial charge >= 0.3 is 6.03 Å². The summed E-state index contributed by atoms with van der Waals surface area (Å²) >= 11 is 1.64. The highest BCUT2D eigenvalue weighted by Gasteiger charge is 2.21. The van der Waals surface area contributed by atoms with E-state index in [0.29, 0.717) is 12.4 Å². The van der Waals surface area contributed by atoms with Crippen LogP contribution in [0.5, 0.6) is 0 Å². The summed E-state index contributed by atoms with van der Waals surface area (Å²) in [6.45, 7) is 6.56. The van der Waals surface area contributed by atoms with E-state index in [0.717, 1.165) is 22.2 Å². The van der Waals surface area contributed by atoms with E-state index in [9.17, 15) is 4.79 Å². The minimum absolute atomic E-state index is 0.246. The lowest BCUT2D eigenvalue weighted by atomic mass is 10.1. The molecule has 1 atom stereocenters. The minimum Gasteiger partial charge on any atom is -0.334 e. The third-order valence-corrected chi connectivity index (χ3v) is 6.58. The quantitative estimate of drug-likeness (QED) is 0.322. The number of nitrogens with one attached hydrogen (secondary N) is 2. The molecule has 7 heteroatoms. The molecule has 0 saturated carbocycles. The summed E-state index contributed by atoms with van der Waals surface area (Å²) in [6, 6.07) is 25.9. The molecule has 2 N–H and O–H groups in total. The Hall–Kier alpha value is -3.58. The van der Waals surface area contributed by atoms with Crippen molar-refractivity contribution in [2.24, 2.45) is 0 Å². The Morgan fingerprint density at radius 2 is 1.65 bits per heavy atom. The standard InChI is InChI=1S/C27H29N5OS/c1-19-13-15-24(16-14-19)32-25(21(3)29-26(33)28-17-22-10-5-4-6-11-22)30-31-27(32)34-18-23-12-8-7-9-20(23)2/h4-16,21H,17-18H2,1-3H3,(H2,28,29,33). The summed E-state index contributed by atoms with van der Waals surface area (Å²) in [4.78, 5) is 12.6. The first kappa shape index (κ1) is 23.6. The fourth-order valence-electron chi connectivity index (χ4n) is 3.60. The van der Waals surface area contributed by atoms with Gasteiger partial charge in [0.15, 0.2) is 11.0 Å². The molecule has 0 spiro atoms. The maximum atomic E-state index is 12.6. The SMILES string of the molecule is Cc1ccc(-n2c(SCc3ccccc3C)nnc2C(C)NC(=O)NCc2ccccc2)cc1. The summed E-state index contributed by atoms with van der Waals surface area (Å²) < 4.78 is 2.03. The Kier molecular flexibility index (Phi) is 7.65. The van der Waals surface area contributed by atoms with Gasteiger partial charge in [-0.3, -0.25) is 4.57 Å². The van der Waals surface area contributed by atoms with Gasteiger partial charge < -0.3 is 10.6 Å². The van der Waals surface area contributed by atoms with Crippen LogP contribution in [0.1, 0.15) is 41.0 Å². The fraction of sp³-hybridized carbons (Fsp3) is 0.222. The van der Waals surface area contributed by atoms with Crippen LogP contribution in [0.3, 0.4) is 0 Å². The van der Waals surface area contributed by atoms with Crippen LogP contribution in [-0.4, -0.2) is 20.8 Å². The second-order valence-electron chi connectivity index (χ2n) is 8.26. The van der Waals surface area contributed by atoms with E-state index in [1.54, 1.807) is 11.8 Å². The van der Waals surface area contributed by atoms with Crippen LogP contribution in [0.25, 0.3) is 5.69 Å². The van der Waals surface area contributed by atoms with Gasteiger partial charge in [0.2, 0.25) is 0 Å². The molecule has 4 aromatic rings. The monoisotopic (exact) mass is 471 g/mol. The zero-order valence-electron chi connectivity index (χ0n) is 19.7. The molecule has 6 nitrogen and oxygen atoms in total. The second-order valence-corrected chi connectivity index (χ2v) is 9.20. The van der Waals surface area contributed by atoms with Gasteiger partial charge in [0.25, 0.3) is 0 Å². The number of carbonyl (C=O) groups is 1. The summed E-state index contributed by atoms with van der Waals surface area (Å²) in [6.07, 6.45) is 0. The predicted molar refractivity (Wildman–Crippen MR) is 137 cm³/mol. The predicted octanol–water partition coefficient (Wildman–Crippen LogP) is 5.74. The molecule has 2 amide bonds. The first-order valence-corrected chi connectivity index (χ1v) is 12.3. The van der Waals surface area contributed by atoms with Crippen molar-refractivity contribution in [2.45, 2.75) is 44.3 Å². The molecule has 1 heterocycles. The Labute approximate surface area is 204 Å². The van der Waals surface area contributed by atoms with Gasteiger partial charge in [0, 0.05) is 18.0 Å². The van der Waals surface area contributed by atoms with Gasteiger partial charge in [-0.25, -0.2) is 4.79 Å². The fourth-order valence-corrected chi connectivity index (χ4v) is 4.63. The van der Waals surface area contributed by atoms with Crippen molar-refractivity contribution in [1.29, 1.82) is 0 Å². The van der Waals surface area contributed by atoms with Crippen molar-refractivity contribution in [1.82, 2.24) is 25.4 Å². The normalized spacial score (nSPS) is 11.7. The van der Waals surface area contributed by atoms with E-state index in [1.807, 2.05) is 47.9 Å². The lowest BCUT2D eigenvalue weighted by Gasteiger charge is -2.17. The largest absolute Gasteiger partial charge is 0.334 e. The van der Waals surface area contributed by atoms with Crippen molar-refractivity contribution in [3.63, 3.8) is 0 Å². The average Bonchev–Trinajstić information content (AvgIpc) is 3.27. The lowest BCUT2D eigenvalue weighted by Crippen LogP contribution is -2.37. The molecule has 0 bridgehead atoms. The van der Waals surface area contributed by atoms with Crippen molar-refractivity contribution >= 4 is 17.8 Å². The first-order chi connectivity index (χ1) is 16.5. The molecule has 0 fully saturated rings. The smallest absolute Gasteiger partial charge is 0.315 e. The molecule has 0 aliphatic heterocycles. The highest BCUT2D eigenvalue weighted by molar-refractivity contribution is 7.98. The molecule has 0 aliphatic rings. The number of hydrogen-bond acceptors (Lipinski definition) is 4. The highest BCUT2D eigenvalue weighted by Crippen LogP contribution is 2.28. The molecular formula is C27H29N5OS. The second kappa shape index (κ2) is 11.0. The van der Waals surface area contributed by atoms with Crippen LogP contribution in [0.15, 0.2) is 84.0 Å². The average molecular weight is 472 g/mol. The number of carbonyl (C=O) groups excluding carboxylic acids is 1. The molecule has 4 rings (SSSR count). The van der Waals surface area contributed by atoms with E-state index in [4.69, 9.17) is 0 Å². The molecule has 0 saturated heterocycles. The van der Waals surface area contributed by atoms with Crippen molar-refractivity contribution in [3.05, 3.63) is 107 Å². The van der Waals surface area contributed by atoms with Crippen molar-refractivity contribution < 1.29 is 4.79 Å². The number of nitrogens with zero attached hydrogens (tertiary/aromatic N) is 3. The third-order valence-electron chi connectivity index (χ3n) is 5.60. The Bertz CT molecular complexity index is 1240. The highest BCUT2D eigenvalue weighted by atomic mass is 32.2. The maximum Gasteiger partial charge on any atom is 0.315 e. The maximum absolute atomic E-state index is 12.6. The molecule has 34 heavy (non-hydrogen) atoms. The zero-order valence-corrected chi connectivity index (χ0v) is 20.5. The summed E-state index contributed by atoms with van der Waals surface area (Å²) in [5, 5.41) is 15.7. The number of benzene rings is 3. The van der Waals surface area contributed by atoms with Gasteiger partial charge in [0.1, 0.15) is 0 Å².